The molecule has 0 saturated carbocycles. The molecule has 0 aliphatic rings. The van der Waals surface area contributed by atoms with Crippen molar-refractivity contribution >= 4 is 0 Å². The SMILES string of the molecule is OC(CNCc1ccccc1)COc1ccccc1F. The van der Waals surface area contributed by atoms with Crippen molar-refractivity contribution in [2.24, 2.45) is 0 Å². The number of nitrogens with one attached hydrogen (secondary N) is 1. The van der Waals surface area contributed by atoms with Gasteiger partial charge in [-0.15, -0.1) is 0 Å². The Morgan fingerprint density at radius 1 is 1.05 bits per heavy atom. The van der Waals surface area contributed by atoms with Crippen molar-refractivity contribution in [3.63, 3.8) is 0 Å². The first-order valence-electron chi connectivity index (χ1n) is 6.56. The van der Waals surface area contributed by atoms with Crippen LogP contribution in [-0.4, -0.2) is 24.4 Å². The maximum atomic E-state index is 13.3. The molecule has 1 atom stereocenters. The lowest BCUT2D eigenvalue weighted by Crippen LogP contribution is -2.31. The monoisotopic (exact) mass is 275 g/mol. The summed E-state index contributed by atoms with van der Waals surface area (Å²) in [6.45, 7) is 1.13. The molecular formula is C16H18FNO2. The number of ether oxygens (including phenoxy) is 1. The van der Waals surface area contributed by atoms with E-state index < -0.39 is 11.9 Å². The molecule has 2 N–H and O–H groups in total. The Bertz CT molecular complexity index is 519. The minimum Gasteiger partial charge on any atom is -0.488 e. The zero-order chi connectivity index (χ0) is 14.2. The molecule has 0 amide bonds. The highest BCUT2D eigenvalue weighted by atomic mass is 19.1. The summed E-state index contributed by atoms with van der Waals surface area (Å²) in [5, 5.41) is 12.9. The fourth-order valence-electron chi connectivity index (χ4n) is 1.79. The summed E-state index contributed by atoms with van der Waals surface area (Å²) in [6, 6.07) is 16.1. The molecule has 1 unspecified atom stereocenters. The molecule has 0 spiro atoms. The van der Waals surface area contributed by atoms with E-state index in [1.165, 1.54) is 6.07 Å². The van der Waals surface area contributed by atoms with Crippen LogP contribution in [0.25, 0.3) is 0 Å². The van der Waals surface area contributed by atoms with Crippen molar-refractivity contribution in [3.8, 4) is 5.75 Å². The number of para-hydroxylation sites is 1. The molecule has 2 aromatic carbocycles. The second-order valence-electron chi connectivity index (χ2n) is 4.51. The van der Waals surface area contributed by atoms with Gasteiger partial charge in [-0.1, -0.05) is 42.5 Å². The predicted molar refractivity (Wildman–Crippen MR) is 76.1 cm³/mol. The van der Waals surface area contributed by atoms with Crippen LogP contribution in [0.2, 0.25) is 0 Å². The minimum absolute atomic E-state index is 0.0583. The molecule has 3 nitrogen and oxygen atoms in total. The maximum absolute atomic E-state index is 13.3. The first-order valence-corrected chi connectivity index (χ1v) is 6.56. The zero-order valence-corrected chi connectivity index (χ0v) is 11.1. The van der Waals surface area contributed by atoms with Gasteiger partial charge in [0.2, 0.25) is 0 Å². The van der Waals surface area contributed by atoms with Crippen molar-refractivity contribution in [1.29, 1.82) is 0 Å². The first-order chi connectivity index (χ1) is 9.75. The van der Waals surface area contributed by atoms with Crippen LogP contribution in [0.5, 0.6) is 5.75 Å². The van der Waals surface area contributed by atoms with Gasteiger partial charge in [-0.25, -0.2) is 4.39 Å². The molecule has 4 heteroatoms. The summed E-state index contributed by atoms with van der Waals surface area (Å²) in [4.78, 5) is 0. The van der Waals surface area contributed by atoms with Gasteiger partial charge < -0.3 is 15.2 Å². The molecule has 2 rings (SSSR count). The van der Waals surface area contributed by atoms with Crippen LogP contribution in [0, 0.1) is 5.82 Å². The number of rotatable bonds is 7. The molecule has 0 bridgehead atoms. The van der Waals surface area contributed by atoms with E-state index in [1.54, 1.807) is 18.2 Å². The topological polar surface area (TPSA) is 41.5 Å². The lowest BCUT2D eigenvalue weighted by Gasteiger charge is -2.13. The Kier molecular flexibility index (Phi) is 5.53. The predicted octanol–water partition coefficient (Wildman–Crippen LogP) is 2.36. The van der Waals surface area contributed by atoms with Crippen molar-refractivity contribution in [2.75, 3.05) is 13.2 Å². The van der Waals surface area contributed by atoms with E-state index in [-0.39, 0.29) is 12.4 Å². The Morgan fingerprint density at radius 3 is 2.50 bits per heavy atom. The smallest absolute Gasteiger partial charge is 0.165 e. The van der Waals surface area contributed by atoms with E-state index >= 15 is 0 Å². The van der Waals surface area contributed by atoms with E-state index in [0.29, 0.717) is 13.1 Å². The summed E-state index contributed by atoms with van der Waals surface area (Å²) in [5.41, 5.74) is 1.15. The Hall–Kier alpha value is -1.91. The van der Waals surface area contributed by atoms with Crippen LogP contribution < -0.4 is 10.1 Å². The fraction of sp³-hybridized carbons (Fsp3) is 0.250. The molecule has 0 radical (unpaired) electrons. The number of halogens is 1. The van der Waals surface area contributed by atoms with Gasteiger partial charge in [0.15, 0.2) is 11.6 Å². The van der Waals surface area contributed by atoms with Crippen LogP contribution in [0.15, 0.2) is 54.6 Å². The van der Waals surface area contributed by atoms with Crippen molar-refractivity contribution in [2.45, 2.75) is 12.6 Å². The van der Waals surface area contributed by atoms with E-state index in [0.717, 1.165) is 5.56 Å². The molecule has 0 saturated heterocycles. The lowest BCUT2D eigenvalue weighted by atomic mass is 10.2. The van der Waals surface area contributed by atoms with E-state index in [1.807, 2.05) is 30.3 Å². The molecule has 0 aliphatic carbocycles. The van der Waals surface area contributed by atoms with Gasteiger partial charge in [0, 0.05) is 13.1 Å². The maximum Gasteiger partial charge on any atom is 0.165 e. The van der Waals surface area contributed by atoms with Crippen LogP contribution in [-0.2, 0) is 6.54 Å². The number of aliphatic hydroxyl groups is 1. The van der Waals surface area contributed by atoms with E-state index in [2.05, 4.69) is 5.32 Å². The molecule has 0 aliphatic heterocycles. The molecule has 2 aromatic rings. The summed E-state index contributed by atoms with van der Waals surface area (Å²) >= 11 is 0. The summed E-state index contributed by atoms with van der Waals surface area (Å²) in [5.74, 6) is -0.258. The van der Waals surface area contributed by atoms with Crippen LogP contribution >= 0.6 is 0 Å². The van der Waals surface area contributed by atoms with E-state index in [4.69, 9.17) is 4.74 Å². The van der Waals surface area contributed by atoms with Crippen LogP contribution in [0.4, 0.5) is 4.39 Å². The molecule has 0 aromatic heterocycles. The van der Waals surface area contributed by atoms with Gasteiger partial charge in [-0.05, 0) is 17.7 Å². The summed E-state index contributed by atoms with van der Waals surface area (Å²) < 4.78 is 18.5. The Morgan fingerprint density at radius 2 is 1.75 bits per heavy atom. The number of benzene rings is 2. The summed E-state index contributed by atoms with van der Waals surface area (Å²) in [7, 11) is 0. The van der Waals surface area contributed by atoms with Crippen molar-refractivity contribution < 1.29 is 14.2 Å². The average Bonchev–Trinajstić information content (AvgIpc) is 2.47. The summed E-state index contributed by atoms with van der Waals surface area (Å²) in [6.07, 6.45) is -0.682. The highest BCUT2D eigenvalue weighted by Crippen LogP contribution is 2.15. The fourth-order valence-corrected chi connectivity index (χ4v) is 1.79. The van der Waals surface area contributed by atoms with Gasteiger partial charge >= 0.3 is 0 Å². The largest absolute Gasteiger partial charge is 0.488 e. The van der Waals surface area contributed by atoms with Gasteiger partial charge in [-0.3, -0.25) is 0 Å². The normalized spacial score (nSPS) is 12.1. The van der Waals surface area contributed by atoms with Gasteiger partial charge in [0.1, 0.15) is 12.7 Å². The number of aliphatic hydroxyl groups excluding tert-OH is 1. The van der Waals surface area contributed by atoms with Crippen LogP contribution in [0.1, 0.15) is 5.56 Å². The molecule has 106 valence electrons. The zero-order valence-electron chi connectivity index (χ0n) is 11.1. The van der Waals surface area contributed by atoms with Crippen molar-refractivity contribution in [3.05, 3.63) is 66.0 Å². The van der Waals surface area contributed by atoms with Gasteiger partial charge in [0.25, 0.3) is 0 Å². The molecule has 0 fully saturated rings. The van der Waals surface area contributed by atoms with E-state index in [9.17, 15) is 9.50 Å². The minimum atomic E-state index is -0.682. The van der Waals surface area contributed by atoms with Crippen molar-refractivity contribution in [1.82, 2.24) is 5.32 Å². The third-order valence-corrected chi connectivity index (χ3v) is 2.82. The Balaban J connectivity index is 1.68. The average molecular weight is 275 g/mol. The highest BCUT2D eigenvalue weighted by Gasteiger charge is 2.07. The second-order valence-corrected chi connectivity index (χ2v) is 4.51. The number of hydrogen-bond acceptors (Lipinski definition) is 3. The standard InChI is InChI=1S/C16H18FNO2/c17-15-8-4-5-9-16(15)20-12-14(19)11-18-10-13-6-2-1-3-7-13/h1-9,14,18-19H,10-12H2. The quantitative estimate of drug-likeness (QED) is 0.815. The van der Waals surface area contributed by atoms with Gasteiger partial charge in [-0.2, -0.15) is 0 Å². The molecule has 20 heavy (non-hydrogen) atoms. The lowest BCUT2D eigenvalue weighted by molar-refractivity contribution is 0.104. The third-order valence-electron chi connectivity index (χ3n) is 2.82. The highest BCUT2D eigenvalue weighted by molar-refractivity contribution is 5.23. The molecular weight excluding hydrogens is 257 g/mol. The first kappa shape index (κ1) is 14.5. The third kappa shape index (κ3) is 4.64. The Labute approximate surface area is 118 Å². The molecule has 0 heterocycles. The van der Waals surface area contributed by atoms with Crippen LogP contribution in [0.3, 0.4) is 0 Å². The number of hydrogen-bond donors (Lipinski definition) is 2. The van der Waals surface area contributed by atoms with Gasteiger partial charge in [0.05, 0.1) is 0 Å². The second kappa shape index (κ2) is 7.62.